The highest BCUT2D eigenvalue weighted by atomic mass is 32.2. The highest BCUT2D eigenvalue weighted by Gasteiger charge is 2.12. The maximum absolute atomic E-state index is 8.78. The number of aromatic nitrogens is 2. The predicted octanol–water partition coefficient (Wildman–Crippen LogP) is 3.68. The number of nitrogens with two attached hydrogens (primary N) is 1. The molecule has 0 aliphatic carbocycles. The van der Waals surface area contributed by atoms with Gasteiger partial charge in [-0.15, -0.1) is 11.3 Å². The summed E-state index contributed by atoms with van der Waals surface area (Å²) in [5.74, 6) is 0.613. The minimum atomic E-state index is -2.36. The van der Waals surface area contributed by atoms with Gasteiger partial charge in [0.2, 0.25) is 5.95 Å². The molecule has 8 nitrogen and oxygen atoms in total. The molecule has 0 radical (unpaired) electrons. The topological polar surface area (TPSA) is 116 Å². The standard InChI is InChI=1S/C22H20N4OS.H3NO2S/c1-2-4-16(5-3-1)19-15-28-20-14-23-22(25-21(19)20)24-17-6-8-18(9-7-17)26-10-12-27-13-11-26;1-4(2)3/h1-9,14-15H,10-13H2,(H,23,24,25);1H2,(H,2,3)/p-1. The molecule has 3 N–H and O–H groups in total. The van der Waals surface area contributed by atoms with Crippen molar-refractivity contribution in [2.75, 3.05) is 36.5 Å². The van der Waals surface area contributed by atoms with Crippen molar-refractivity contribution < 1.29 is 13.5 Å². The molecule has 0 amide bonds. The Balaban J connectivity index is 0.000000567. The molecule has 1 saturated heterocycles. The molecule has 0 bridgehead atoms. The first kappa shape index (κ1) is 22.3. The van der Waals surface area contributed by atoms with Crippen molar-refractivity contribution >= 4 is 50.1 Å². The van der Waals surface area contributed by atoms with Crippen LogP contribution in [0.25, 0.3) is 21.3 Å². The molecule has 166 valence electrons. The van der Waals surface area contributed by atoms with Crippen LogP contribution in [0.3, 0.4) is 0 Å². The first-order valence-electron chi connectivity index (χ1n) is 9.93. The monoisotopic (exact) mass is 468 g/mol. The van der Waals surface area contributed by atoms with Crippen molar-refractivity contribution in [3.8, 4) is 11.1 Å². The van der Waals surface area contributed by atoms with Gasteiger partial charge in [-0.3, -0.25) is 9.35 Å². The molecule has 3 heterocycles. The van der Waals surface area contributed by atoms with Crippen LogP contribution in [-0.4, -0.2) is 45.0 Å². The quantitative estimate of drug-likeness (QED) is 0.439. The zero-order valence-corrected chi connectivity index (χ0v) is 18.8. The Bertz CT molecular complexity index is 1180. The second kappa shape index (κ2) is 10.6. The van der Waals surface area contributed by atoms with Crippen LogP contribution in [0.1, 0.15) is 0 Å². The van der Waals surface area contributed by atoms with E-state index in [4.69, 9.17) is 18.5 Å². The minimum Gasteiger partial charge on any atom is -0.760 e. The number of ether oxygens (including phenoxy) is 1. The van der Waals surface area contributed by atoms with E-state index in [1.165, 1.54) is 11.3 Å². The van der Waals surface area contributed by atoms with Crippen LogP contribution < -0.4 is 15.4 Å². The normalized spacial score (nSPS) is 14.5. The number of hydrogen-bond acceptors (Lipinski definition) is 8. The molecule has 32 heavy (non-hydrogen) atoms. The largest absolute Gasteiger partial charge is 0.760 e. The van der Waals surface area contributed by atoms with Crippen LogP contribution >= 0.6 is 11.3 Å². The third kappa shape index (κ3) is 5.67. The second-order valence-electron chi connectivity index (χ2n) is 6.95. The fourth-order valence-electron chi connectivity index (χ4n) is 3.42. The molecular weight excluding hydrogens is 446 g/mol. The number of nitrogens with one attached hydrogen (secondary N) is 1. The summed E-state index contributed by atoms with van der Waals surface area (Å²) in [4.78, 5) is 11.6. The van der Waals surface area contributed by atoms with Crippen molar-refractivity contribution in [3.63, 3.8) is 0 Å². The van der Waals surface area contributed by atoms with Gasteiger partial charge < -0.3 is 19.5 Å². The van der Waals surface area contributed by atoms with E-state index in [9.17, 15) is 0 Å². The van der Waals surface area contributed by atoms with Crippen LogP contribution in [-0.2, 0) is 16.0 Å². The van der Waals surface area contributed by atoms with E-state index < -0.39 is 11.3 Å². The van der Waals surface area contributed by atoms with Crippen molar-refractivity contribution in [3.05, 3.63) is 66.2 Å². The van der Waals surface area contributed by atoms with Crippen molar-refractivity contribution in [2.24, 2.45) is 5.14 Å². The van der Waals surface area contributed by atoms with E-state index in [0.717, 1.165) is 47.8 Å². The summed E-state index contributed by atoms with van der Waals surface area (Å²) < 4.78 is 24.1. The van der Waals surface area contributed by atoms with Gasteiger partial charge in [0, 0.05) is 46.7 Å². The maximum atomic E-state index is 8.78. The van der Waals surface area contributed by atoms with Gasteiger partial charge in [0.15, 0.2) is 0 Å². The summed E-state index contributed by atoms with van der Waals surface area (Å²) in [7, 11) is 0. The molecule has 5 rings (SSSR count). The van der Waals surface area contributed by atoms with E-state index in [1.807, 2.05) is 12.3 Å². The Morgan fingerprint density at radius 1 is 1.09 bits per heavy atom. The summed E-state index contributed by atoms with van der Waals surface area (Å²) in [5, 5.41) is 9.51. The number of nitrogens with zero attached hydrogens (tertiary/aromatic N) is 3. The van der Waals surface area contributed by atoms with Gasteiger partial charge in [-0.1, -0.05) is 30.3 Å². The SMILES string of the molecule is NS(=O)[O-].c1ccc(-c2csc3cnc(Nc4ccc(N5CCOCC5)cc4)nc23)cc1. The van der Waals surface area contributed by atoms with Crippen LogP contribution in [0.4, 0.5) is 17.3 Å². The van der Waals surface area contributed by atoms with Gasteiger partial charge in [0.1, 0.15) is 0 Å². The Morgan fingerprint density at radius 3 is 2.47 bits per heavy atom. The first-order valence-corrected chi connectivity index (χ1v) is 11.9. The van der Waals surface area contributed by atoms with Crippen molar-refractivity contribution in [1.29, 1.82) is 0 Å². The van der Waals surface area contributed by atoms with Gasteiger partial charge in [0.05, 0.1) is 29.6 Å². The highest BCUT2D eigenvalue weighted by molar-refractivity contribution is 7.76. The third-order valence-corrected chi connectivity index (χ3v) is 5.80. The second-order valence-corrected chi connectivity index (χ2v) is 8.39. The van der Waals surface area contributed by atoms with E-state index >= 15 is 0 Å². The van der Waals surface area contributed by atoms with Gasteiger partial charge in [0.25, 0.3) is 0 Å². The van der Waals surface area contributed by atoms with E-state index in [1.54, 1.807) is 11.3 Å². The molecule has 1 unspecified atom stereocenters. The average molecular weight is 469 g/mol. The Morgan fingerprint density at radius 2 is 1.78 bits per heavy atom. The number of hydrogen-bond donors (Lipinski definition) is 2. The smallest absolute Gasteiger partial charge is 0.227 e. The number of anilines is 3. The molecule has 1 fully saturated rings. The van der Waals surface area contributed by atoms with Crippen LogP contribution in [0.2, 0.25) is 0 Å². The lowest BCUT2D eigenvalue weighted by Gasteiger charge is -2.28. The lowest BCUT2D eigenvalue weighted by molar-refractivity contribution is 0.122. The van der Waals surface area contributed by atoms with Gasteiger partial charge in [-0.25, -0.2) is 9.97 Å². The van der Waals surface area contributed by atoms with Crippen molar-refractivity contribution in [1.82, 2.24) is 9.97 Å². The first-order chi connectivity index (χ1) is 15.6. The summed E-state index contributed by atoms with van der Waals surface area (Å²) in [6, 6.07) is 18.8. The molecule has 1 atom stereocenters. The summed E-state index contributed by atoms with van der Waals surface area (Å²) >= 11 is -0.688. The Kier molecular flexibility index (Phi) is 7.40. The van der Waals surface area contributed by atoms with Crippen LogP contribution in [0, 0.1) is 0 Å². The molecule has 10 heteroatoms. The number of rotatable bonds is 4. The fourth-order valence-corrected chi connectivity index (χ4v) is 4.29. The lowest BCUT2D eigenvalue weighted by Crippen LogP contribution is -2.36. The molecule has 2 aromatic carbocycles. The summed E-state index contributed by atoms with van der Waals surface area (Å²) in [5.41, 5.74) is 5.50. The molecule has 4 aromatic rings. The molecule has 0 spiro atoms. The van der Waals surface area contributed by atoms with Gasteiger partial charge >= 0.3 is 0 Å². The maximum Gasteiger partial charge on any atom is 0.227 e. The van der Waals surface area contributed by atoms with E-state index in [0.29, 0.717) is 5.95 Å². The van der Waals surface area contributed by atoms with Crippen LogP contribution in [0.15, 0.2) is 66.2 Å². The van der Waals surface area contributed by atoms with Crippen molar-refractivity contribution in [2.45, 2.75) is 0 Å². The van der Waals surface area contributed by atoms with Gasteiger partial charge in [-0.2, -0.15) is 0 Å². The molecule has 1 aliphatic rings. The number of thiophene rings is 1. The zero-order valence-electron chi connectivity index (χ0n) is 17.1. The third-order valence-electron chi connectivity index (χ3n) is 4.90. The summed E-state index contributed by atoms with van der Waals surface area (Å²) in [6.07, 6.45) is 1.89. The highest BCUT2D eigenvalue weighted by Crippen LogP contribution is 2.33. The number of benzene rings is 2. The lowest BCUT2D eigenvalue weighted by atomic mass is 10.1. The molecule has 1 aliphatic heterocycles. The molecule has 0 saturated carbocycles. The Hall–Kier alpha value is -2.89. The molecular formula is C22H22N5O3S2-. The average Bonchev–Trinajstić information content (AvgIpc) is 3.24. The zero-order chi connectivity index (χ0) is 22.3. The molecule has 2 aromatic heterocycles. The predicted molar refractivity (Wildman–Crippen MR) is 129 cm³/mol. The number of fused-ring (bicyclic) bond motifs is 1. The van der Waals surface area contributed by atoms with Gasteiger partial charge in [-0.05, 0) is 29.8 Å². The number of morpholine rings is 1. The Labute approximate surface area is 192 Å². The fraction of sp³-hybridized carbons (Fsp3) is 0.182. The van der Waals surface area contributed by atoms with E-state index in [-0.39, 0.29) is 0 Å². The van der Waals surface area contributed by atoms with E-state index in [2.05, 4.69) is 74.3 Å². The summed E-state index contributed by atoms with van der Waals surface area (Å²) in [6.45, 7) is 3.45. The van der Waals surface area contributed by atoms with Crippen LogP contribution in [0.5, 0.6) is 0 Å². The minimum absolute atomic E-state index is 0.613.